The molecule has 0 radical (unpaired) electrons. The third-order valence-electron chi connectivity index (χ3n) is 9.02. The molecule has 230 valence electrons. The highest BCUT2D eigenvalue weighted by Gasteiger charge is 2.48. The van der Waals surface area contributed by atoms with Crippen molar-refractivity contribution in [1.29, 1.82) is 0 Å². The molecule has 6 rings (SSSR count). The number of nitrogens with zero attached hydrogens (tertiary/aromatic N) is 3. The molecule has 4 amide bonds. The Morgan fingerprint density at radius 2 is 1.74 bits per heavy atom. The molecule has 4 aliphatic rings. The van der Waals surface area contributed by atoms with Crippen LogP contribution in [-0.2, 0) is 32.8 Å². The zero-order valence-corrected chi connectivity index (χ0v) is 26.3. The summed E-state index contributed by atoms with van der Waals surface area (Å²) in [5.74, 6) is -0.608. The molecule has 4 fully saturated rings. The van der Waals surface area contributed by atoms with Gasteiger partial charge in [-0.2, -0.15) is 5.10 Å². The number of halogens is 1. The average molecular weight is 706 g/mol. The number of ketones is 1. The van der Waals surface area contributed by atoms with Crippen molar-refractivity contribution in [2.75, 3.05) is 12.4 Å². The minimum Gasteiger partial charge on any atom is -0.353 e. The van der Waals surface area contributed by atoms with Crippen molar-refractivity contribution >= 4 is 57.7 Å². The Morgan fingerprint density at radius 3 is 2.35 bits per heavy atom. The van der Waals surface area contributed by atoms with Gasteiger partial charge in [-0.3, -0.25) is 33.4 Å². The largest absolute Gasteiger partial charge is 0.353 e. The molecule has 4 bridgehead atoms. The number of Topliss-reactive ketones (excluding diaryl/α,β-unsaturated/α-hetero) is 1. The Labute approximate surface area is 262 Å². The number of pyridine rings is 1. The van der Waals surface area contributed by atoms with Crippen LogP contribution in [0, 0.1) is 27.2 Å². The van der Waals surface area contributed by atoms with Crippen molar-refractivity contribution in [3.05, 3.63) is 44.1 Å². The van der Waals surface area contributed by atoms with E-state index in [9.17, 15) is 28.8 Å². The van der Waals surface area contributed by atoms with Gasteiger partial charge in [-0.1, -0.05) is 0 Å². The number of likely N-dealkylation sites (N-methyl/N-ethyl adjacent to an activating group) is 1. The van der Waals surface area contributed by atoms with Gasteiger partial charge in [-0.15, -0.1) is 0 Å². The molecule has 0 saturated heterocycles. The highest BCUT2D eigenvalue weighted by molar-refractivity contribution is 14.1. The summed E-state index contributed by atoms with van der Waals surface area (Å²) in [6, 6.07) is 1.85. The summed E-state index contributed by atoms with van der Waals surface area (Å²) in [4.78, 5) is 76.5. The Kier molecular flexibility index (Phi) is 9.32. The molecule has 0 aromatic carbocycles. The van der Waals surface area contributed by atoms with Gasteiger partial charge in [0.15, 0.2) is 0 Å². The molecule has 0 unspecified atom stereocenters. The van der Waals surface area contributed by atoms with E-state index in [0.29, 0.717) is 15.4 Å². The molecule has 2 aromatic rings. The minimum absolute atomic E-state index is 0.0816. The first-order chi connectivity index (χ1) is 20.5. The van der Waals surface area contributed by atoms with Gasteiger partial charge in [0, 0.05) is 32.8 Å². The van der Waals surface area contributed by atoms with Crippen molar-refractivity contribution in [2.45, 2.75) is 63.6 Å². The number of amides is 4. The molecule has 0 spiro atoms. The van der Waals surface area contributed by atoms with Crippen molar-refractivity contribution < 1.29 is 24.0 Å². The van der Waals surface area contributed by atoms with Crippen LogP contribution in [0.5, 0.6) is 0 Å². The van der Waals surface area contributed by atoms with Gasteiger partial charge < -0.3 is 25.8 Å². The Bertz CT molecular complexity index is 1450. The van der Waals surface area contributed by atoms with Crippen LogP contribution in [0.25, 0.3) is 0 Å². The highest BCUT2D eigenvalue weighted by Crippen LogP contribution is 2.53. The van der Waals surface area contributed by atoms with E-state index in [0.717, 1.165) is 37.5 Å². The lowest BCUT2D eigenvalue weighted by Crippen LogP contribution is -2.56. The predicted molar refractivity (Wildman–Crippen MR) is 164 cm³/mol. The van der Waals surface area contributed by atoms with Crippen LogP contribution in [0.15, 0.2) is 29.3 Å². The maximum atomic E-state index is 13.3. The van der Waals surface area contributed by atoms with E-state index in [1.807, 2.05) is 22.6 Å². The summed E-state index contributed by atoms with van der Waals surface area (Å²) < 4.78 is 3.14. The first-order valence-electron chi connectivity index (χ1n) is 14.6. The van der Waals surface area contributed by atoms with Crippen molar-refractivity contribution in [1.82, 2.24) is 30.3 Å². The van der Waals surface area contributed by atoms with Crippen molar-refractivity contribution in [3.63, 3.8) is 0 Å². The molecule has 4 aliphatic carbocycles. The predicted octanol–water partition coefficient (Wildman–Crippen LogP) is 0.960. The number of anilines is 1. The lowest BCUT2D eigenvalue weighted by Gasteiger charge is -2.54. The van der Waals surface area contributed by atoms with Crippen LogP contribution >= 0.6 is 22.6 Å². The summed E-state index contributed by atoms with van der Waals surface area (Å²) >= 11 is 1.94. The van der Waals surface area contributed by atoms with Gasteiger partial charge in [0.25, 0.3) is 17.4 Å². The normalized spacial score (nSPS) is 24.2. The van der Waals surface area contributed by atoms with Crippen LogP contribution < -0.4 is 26.8 Å². The fraction of sp³-hybridized carbons (Fsp3) is 0.552. The Balaban J connectivity index is 1.26. The average Bonchev–Trinajstić information content (AvgIpc) is 3.31. The maximum Gasteiger partial charge on any atom is 0.287 e. The first kappa shape index (κ1) is 30.9. The Morgan fingerprint density at radius 1 is 1.07 bits per heavy atom. The number of carbonyl (C=O) groups is 5. The summed E-state index contributed by atoms with van der Waals surface area (Å²) in [6.07, 6.45) is 8.43. The van der Waals surface area contributed by atoms with E-state index < -0.39 is 35.1 Å². The van der Waals surface area contributed by atoms with E-state index in [-0.39, 0.29) is 42.7 Å². The number of rotatable bonds is 11. The highest BCUT2D eigenvalue weighted by atomic mass is 127. The van der Waals surface area contributed by atoms with E-state index in [4.69, 9.17) is 0 Å². The van der Waals surface area contributed by atoms with Crippen LogP contribution in [0.3, 0.4) is 0 Å². The zero-order chi connectivity index (χ0) is 30.8. The SMILES string of the molecule is CNC(=O)C(=O)CC[C@H](NC(=O)c1c(I)cnn1C)C(=O)Nc1cccn(CC(=O)NC2C3CC4CC(C3)CC2C4)c1=O. The topological polar surface area (TPSA) is 173 Å². The molecule has 0 aliphatic heterocycles. The van der Waals surface area contributed by atoms with Gasteiger partial charge in [-0.05, 0) is 96.9 Å². The quantitative estimate of drug-likeness (QED) is 0.199. The number of hydrogen-bond acceptors (Lipinski definition) is 7. The summed E-state index contributed by atoms with van der Waals surface area (Å²) in [5.41, 5.74) is -0.450. The minimum atomic E-state index is -1.25. The fourth-order valence-corrected chi connectivity index (χ4v) is 7.93. The number of nitrogens with one attached hydrogen (secondary N) is 4. The van der Waals surface area contributed by atoms with Gasteiger partial charge in [0.1, 0.15) is 24.0 Å². The van der Waals surface area contributed by atoms with Crippen LogP contribution in [0.1, 0.15) is 55.4 Å². The van der Waals surface area contributed by atoms with Crippen LogP contribution in [0.2, 0.25) is 0 Å². The van der Waals surface area contributed by atoms with Crippen LogP contribution in [-0.4, -0.2) is 62.9 Å². The van der Waals surface area contributed by atoms with Gasteiger partial charge in [0.05, 0.1) is 9.77 Å². The lowest BCUT2D eigenvalue weighted by atomic mass is 9.54. The van der Waals surface area contributed by atoms with Crippen LogP contribution in [0.4, 0.5) is 5.69 Å². The zero-order valence-electron chi connectivity index (χ0n) is 24.1. The van der Waals surface area contributed by atoms with E-state index in [2.05, 4.69) is 26.4 Å². The first-order valence-corrected chi connectivity index (χ1v) is 15.6. The second-order valence-corrected chi connectivity index (χ2v) is 13.1. The second kappa shape index (κ2) is 13.0. The van der Waals surface area contributed by atoms with Crippen molar-refractivity contribution in [2.24, 2.45) is 30.7 Å². The third-order valence-corrected chi connectivity index (χ3v) is 9.81. The summed E-state index contributed by atoms with van der Waals surface area (Å²) in [6.45, 7) is -0.189. The monoisotopic (exact) mass is 705 g/mol. The summed E-state index contributed by atoms with van der Waals surface area (Å²) in [7, 11) is 2.90. The van der Waals surface area contributed by atoms with E-state index >= 15 is 0 Å². The van der Waals surface area contributed by atoms with E-state index in [1.54, 1.807) is 13.1 Å². The third kappa shape index (κ3) is 6.83. The number of aryl methyl sites for hydroxylation is 1. The molecule has 14 heteroatoms. The second-order valence-electron chi connectivity index (χ2n) is 11.9. The fourth-order valence-electron chi connectivity index (χ4n) is 7.21. The number of carbonyl (C=O) groups excluding carboxylic acids is 5. The molecule has 43 heavy (non-hydrogen) atoms. The molecule has 4 saturated carbocycles. The number of hydrogen-bond donors (Lipinski definition) is 4. The maximum absolute atomic E-state index is 13.3. The Hall–Kier alpha value is -3.56. The summed E-state index contributed by atoms with van der Waals surface area (Å²) in [5, 5.41) is 14.6. The molecule has 2 aromatic heterocycles. The molecule has 1 atom stereocenters. The number of aromatic nitrogens is 3. The standard InChI is InChI=1S/C29H36IN7O6/c1-31-27(41)22(38)6-5-20(33-28(42)25-19(30)13-32-36(25)2)26(40)34-21-4-3-7-37(29(21)43)14-23(39)35-24-17-9-15-8-16(11-17)12-18(24)10-15/h3-4,7,13,15-18,20,24H,5-6,8-12,14H2,1-2H3,(H,31,41)(H,33,42)(H,34,40)(H,35,39)/t15?,16?,17?,18?,20-,24?/m0/s1. The van der Waals surface area contributed by atoms with E-state index in [1.165, 1.54) is 41.2 Å². The molecular formula is C29H36IN7O6. The van der Waals surface area contributed by atoms with Crippen molar-refractivity contribution in [3.8, 4) is 0 Å². The van der Waals surface area contributed by atoms with Gasteiger partial charge >= 0.3 is 0 Å². The molecule has 2 heterocycles. The van der Waals surface area contributed by atoms with Gasteiger partial charge in [0.2, 0.25) is 17.6 Å². The molecular weight excluding hydrogens is 669 g/mol. The molecule has 4 N–H and O–H groups in total. The lowest BCUT2D eigenvalue weighted by molar-refractivity contribution is -0.137. The van der Waals surface area contributed by atoms with Gasteiger partial charge in [-0.25, -0.2) is 0 Å². The smallest absolute Gasteiger partial charge is 0.287 e. The molecule has 13 nitrogen and oxygen atoms in total.